The van der Waals surface area contributed by atoms with Gasteiger partial charge in [-0.15, -0.1) is 0 Å². The van der Waals surface area contributed by atoms with E-state index in [1.54, 1.807) is 0 Å². The van der Waals surface area contributed by atoms with Gasteiger partial charge in [0.05, 0.1) is 0 Å². The number of hydrogen-bond acceptors (Lipinski definition) is 2. The van der Waals surface area contributed by atoms with E-state index >= 15 is 0 Å². The van der Waals surface area contributed by atoms with Gasteiger partial charge in [-0.2, -0.15) is 0 Å². The molecule has 2 heteroatoms. The highest BCUT2D eigenvalue weighted by atomic mass is 15.4. The van der Waals surface area contributed by atoms with Gasteiger partial charge in [0.2, 0.25) is 0 Å². The zero-order chi connectivity index (χ0) is 5.98. The van der Waals surface area contributed by atoms with Crippen molar-refractivity contribution < 1.29 is 0 Å². The van der Waals surface area contributed by atoms with Crippen LogP contribution in [0.25, 0.3) is 0 Å². The minimum absolute atomic E-state index is 0.907. The lowest BCUT2D eigenvalue weighted by atomic mass is 9.97. The molecule has 0 atom stereocenters. The molecular formula is C6H14N2. The first-order chi connectivity index (χ1) is 3.83. The molecule has 0 bridgehead atoms. The molecule has 0 amide bonds. The summed E-state index contributed by atoms with van der Waals surface area (Å²) in [4.78, 5) is 0. The molecule has 2 nitrogen and oxygen atoms in total. The maximum Gasteiger partial charge on any atom is 0.0169 e. The summed E-state index contributed by atoms with van der Waals surface area (Å²) in [6.45, 7) is 4.46. The van der Waals surface area contributed by atoms with E-state index in [9.17, 15) is 0 Å². The third kappa shape index (κ3) is 1.20. The topological polar surface area (TPSA) is 29.3 Å². The van der Waals surface area contributed by atoms with Crippen LogP contribution in [0.1, 0.15) is 19.8 Å². The van der Waals surface area contributed by atoms with Gasteiger partial charge < -0.3 is 0 Å². The van der Waals surface area contributed by atoms with E-state index in [-0.39, 0.29) is 0 Å². The van der Waals surface area contributed by atoms with E-state index in [0.29, 0.717) is 0 Å². The molecule has 0 unspecified atom stereocenters. The van der Waals surface area contributed by atoms with E-state index < -0.39 is 0 Å². The third-order valence-electron chi connectivity index (χ3n) is 1.68. The molecule has 0 radical (unpaired) electrons. The molecule has 1 saturated heterocycles. The SMILES string of the molecule is CCCC1CN(N)C1. The first-order valence-electron chi connectivity index (χ1n) is 3.32. The Morgan fingerprint density at radius 1 is 1.62 bits per heavy atom. The summed E-state index contributed by atoms with van der Waals surface area (Å²) in [7, 11) is 0. The van der Waals surface area contributed by atoms with Gasteiger partial charge in [0.15, 0.2) is 0 Å². The van der Waals surface area contributed by atoms with Gasteiger partial charge in [0, 0.05) is 13.1 Å². The first-order valence-corrected chi connectivity index (χ1v) is 3.32. The van der Waals surface area contributed by atoms with E-state index in [1.807, 2.05) is 5.01 Å². The Morgan fingerprint density at radius 2 is 2.25 bits per heavy atom. The van der Waals surface area contributed by atoms with Crippen LogP contribution in [-0.4, -0.2) is 18.1 Å². The highest BCUT2D eigenvalue weighted by Crippen LogP contribution is 2.15. The lowest BCUT2D eigenvalue weighted by Crippen LogP contribution is -2.50. The van der Waals surface area contributed by atoms with Gasteiger partial charge in [-0.25, -0.2) is 5.01 Å². The monoisotopic (exact) mass is 114 g/mol. The zero-order valence-electron chi connectivity index (χ0n) is 5.43. The average Bonchev–Trinajstić information content (AvgIpc) is 1.64. The van der Waals surface area contributed by atoms with E-state index in [4.69, 9.17) is 5.84 Å². The molecule has 8 heavy (non-hydrogen) atoms. The van der Waals surface area contributed by atoms with Crippen molar-refractivity contribution in [1.82, 2.24) is 5.01 Å². The van der Waals surface area contributed by atoms with Crippen LogP contribution in [0.5, 0.6) is 0 Å². The Hall–Kier alpha value is -0.0800. The Labute approximate surface area is 50.6 Å². The standard InChI is InChI=1S/C6H14N2/c1-2-3-6-4-8(7)5-6/h6H,2-5,7H2,1H3. The van der Waals surface area contributed by atoms with Gasteiger partial charge >= 0.3 is 0 Å². The number of nitrogens with two attached hydrogens (primary N) is 1. The summed E-state index contributed by atoms with van der Waals surface area (Å²) in [6, 6.07) is 0. The Balaban J connectivity index is 1.98. The van der Waals surface area contributed by atoms with Crippen molar-refractivity contribution in [2.75, 3.05) is 13.1 Å². The van der Waals surface area contributed by atoms with Crippen LogP contribution in [0.2, 0.25) is 0 Å². The number of hydrogen-bond donors (Lipinski definition) is 1. The van der Waals surface area contributed by atoms with Crippen LogP contribution in [0.4, 0.5) is 0 Å². The predicted octanol–water partition coefficient (Wildman–Crippen LogP) is 0.592. The van der Waals surface area contributed by atoms with Crippen LogP contribution in [0, 0.1) is 5.92 Å². The molecule has 0 saturated carbocycles. The average molecular weight is 114 g/mol. The molecule has 0 aromatic rings. The summed E-state index contributed by atoms with van der Waals surface area (Å²) in [5.41, 5.74) is 0. The van der Waals surface area contributed by atoms with Crippen molar-refractivity contribution >= 4 is 0 Å². The highest BCUT2D eigenvalue weighted by Gasteiger charge is 2.21. The molecule has 1 aliphatic heterocycles. The molecule has 0 aromatic heterocycles. The third-order valence-corrected chi connectivity index (χ3v) is 1.68. The highest BCUT2D eigenvalue weighted by molar-refractivity contribution is 4.74. The van der Waals surface area contributed by atoms with Crippen molar-refractivity contribution in [3.63, 3.8) is 0 Å². The number of rotatable bonds is 2. The lowest BCUT2D eigenvalue weighted by molar-refractivity contribution is 0.0949. The Kier molecular flexibility index (Phi) is 1.86. The second-order valence-electron chi connectivity index (χ2n) is 2.61. The van der Waals surface area contributed by atoms with Gasteiger partial charge in [-0.05, 0) is 12.3 Å². The van der Waals surface area contributed by atoms with Crippen LogP contribution < -0.4 is 5.84 Å². The maximum atomic E-state index is 5.43. The van der Waals surface area contributed by atoms with Gasteiger partial charge in [-0.1, -0.05) is 13.3 Å². The van der Waals surface area contributed by atoms with Gasteiger partial charge in [-0.3, -0.25) is 5.84 Å². The van der Waals surface area contributed by atoms with Crippen LogP contribution in [0.15, 0.2) is 0 Å². The Morgan fingerprint density at radius 3 is 2.62 bits per heavy atom. The summed E-state index contributed by atoms with van der Waals surface area (Å²) >= 11 is 0. The minimum atomic E-state index is 0.907. The molecule has 1 aliphatic rings. The fourth-order valence-electron chi connectivity index (χ4n) is 1.20. The van der Waals surface area contributed by atoms with Crippen molar-refractivity contribution in [2.24, 2.45) is 11.8 Å². The van der Waals surface area contributed by atoms with Gasteiger partial charge in [0.25, 0.3) is 0 Å². The second kappa shape index (κ2) is 2.46. The van der Waals surface area contributed by atoms with Gasteiger partial charge in [0.1, 0.15) is 0 Å². The molecule has 2 N–H and O–H groups in total. The molecule has 1 fully saturated rings. The normalized spacial score (nSPS) is 23.2. The quantitative estimate of drug-likeness (QED) is 0.532. The fraction of sp³-hybridized carbons (Fsp3) is 1.00. The van der Waals surface area contributed by atoms with Crippen LogP contribution in [0.3, 0.4) is 0 Å². The largest absolute Gasteiger partial charge is 0.269 e. The van der Waals surface area contributed by atoms with E-state index in [1.165, 1.54) is 12.8 Å². The van der Waals surface area contributed by atoms with E-state index in [0.717, 1.165) is 19.0 Å². The van der Waals surface area contributed by atoms with Crippen molar-refractivity contribution in [3.05, 3.63) is 0 Å². The molecule has 0 spiro atoms. The smallest absolute Gasteiger partial charge is 0.0169 e. The molecule has 0 aromatic carbocycles. The number of nitrogens with zero attached hydrogens (tertiary/aromatic N) is 1. The van der Waals surface area contributed by atoms with Crippen LogP contribution in [-0.2, 0) is 0 Å². The van der Waals surface area contributed by atoms with Crippen molar-refractivity contribution in [1.29, 1.82) is 0 Å². The molecular weight excluding hydrogens is 100 g/mol. The molecule has 1 heterocycles. The first kappa shape index (κ1) is 6.05. The summed E-state index contributed by atoms with van der Waals surface area (Å²) in [5.74, 6) is 6.34. The summed E-state index contributed by atoms with van der Waals surface area (Å²) in [5, 5.41) is 1.88. The second-order valence-corrected chi connectivity index (χ2v) is 2.61. The predicted molar refractivity (Wildman–Crippen MR) is 34.2 cm³/mol. The van der Waals surface area contributed by atoms with Crippen molar-refractivity contribution in [3.8, 4) is 0 Å². The van der Waals surface area contributed by atoms with E-state index in [2.05, 4.69) is 6.92 Å². The summed E-state index contributed by atoms with van der Waals surface area (Å²) in [6.07, 6.45) is 2.66. The molecule has 48 valence electrons. The molecule has 1 rings (SSSR count). The number of hydrazine groups is 1. The summed E-state index contributed by atoms with van der Waals surface area (Å²) < 4.78 is 0. The fourth-order valence-corrected chi connectivity index (χ4v) is 1.20. The zero-order valence-corrected chi connectivity index (χ0v) is 5.43. The maximum absolute atomic E-state index is 5.43. The molecule has 0 aliphatic carbocycles. The Bertz CT molecular complexity index is 64.2. The minimum Gasteiger partial charge on any atom is -0.269 e. The lowest BCUT2D eigenvalue weighted by Gasteiger charge is -2.35. The van der Waals surface area contributed by atoms with Crippen LogP contribution >= 0.6 is 0 Å². The van der Waals surface area contributed by atoms with Crippen molar-refractivity contribution in [2.45, 2.75) is 19.8 Å².